The lowest BCUT2D eigenvalue weighted by atomic mass is 9.95. The maximum absolute atomic E-state index is 13.2. The summed E-state index contributed by atoms with van der Waals surface area (Å²) in [5, 5.41) is 13.1. The number of aryl methyl sites for hydroxylation is 1. The molecule has 1 aromatic carbocycles. The summed E-state index contributed by atoms with van der Waals surface area (Å²) in [5.41, 5.74) is 1.87. The van der Waals surface area contributed by atoms with Gasteiger partial charge in [-0.15, -0.1) is 11.3 Å². The molecule has 27 heavy (non-hydrogen) atoms. The summed E-state index contributed by atoms with van der Waals surface area (Å²) in [6.45, 7) is 4.56. The van der Waals surface area contributed by atoms with E-state index in [4.69, 9.17) is 0 Å². The first kappa shape index (κ1) is 19.1. The number of carbonyl (C=O) groups excluding carboxylic acids is 2. The maximum Gasteiger partial charge on any atom is 0.228 e. The highest BCUT2D eigenvalue weighted by molar-refractivity contribution is 7.17. The zero-order valence-electron chi connectivity index (χ0n) is 15.2. The number of nitriles is 1. The number of halogens is 1. The number of amides is 2. The van der Waals surface area contributed by atoms with E-state index in [2.05, 4.69) is 11.4 Å². The maximum atomic E-state index is 13.2. The van der Waals surface area contributed by atoms with Gasteiger partial charge in [-0.2, -0.15) is 5.26 Å². The van der Waals surface area contributed by atoms with E-state index in [0.29, 0.717) is 36.5 Å². The van der Waals surface area contributed by atoms with E-state index < -0.39 is 0 Å². The van der Waals surface area contributed by atoms with E-state index in [0.717, 1.165) is 16.0 Å². The molecule has 0 bridgehead atoms. The number of carbonyl (C=O) groups is 2. The Morgan fingerprint density at radius 3 is 2.44 bits per heavy atom. The van der Waals surface area contributed by atoms with Crippen LogP contribution in [0.3, 0.4) is 0 Å². The predicted molar refractivity (Wildman–Crippen MR) is 103 cm³/mol. The lowest BCUT2D eigenvalue weighted by molar-refractivity contribution is -0.132. The Hall–Kier alpha value is -2.72. The number of hydrogen-bond acceptors (Lipinski definition) is 4. The van der Waals surface area contributed by atoms with Crippen molar-refractivity contribution in [1.82, 2.24) is 4.90 Å². The second-order valence-corrected chi connectivity index (χ2v) is 7.85. The van der Waals surface area contributed by atoms with Crippen molar-refractivity contribution in [3.05, 3.63) is 40.5 Å². The van der Waals surface area contributed by atoms with Crippen LogP contribution in [0.2, 0.25) is 0 Å². The monoisotopic (exact) mass is 385 g/mol. The summed E-state index contributed by atoms with van der Waals surface area (Å²) in [5.74, 6) is -0.612. The fourth-order valence-corrected chi connectivity index (χ4v) is 4.40. The van der Waals surface area contributed by atoms with Crippen LogP contribution >= 0.6 is 11.3 Å². The molecule has 7 heteroatoms. The minimum absolute atomic E-state index is 0.0263. The van der Waals surface area contributed by atoms with Gasteiger partial charge < -0.3 is 10.2 Å². The predicted octanol–water partition coefficient (Wildman–Crippen LogP) is 3.93. The summed E-state index contributed by atoms with van der Waals surface area (Å²) >= 11 is 1.35. The second-order valence-electron chi connectivity index (χ2n) is 6.63. The van der Waals surface area contributed by atoms with Crippen LogP contribution in [0.4, 0.5) is 9.39 Å². The van der Waals surface area contributed by atoms with Crippen LogP contribution in [0, 0.1) is 30.0 Å². The largest absolute Gasteiger partial charge is 0.343 e. The van der Waals surface area contributed by atoms with E-state index in [9.17, 15) is 19.2 Å². The van der Waals surface area contributed by atoms with Gasteiger partial charge in [0.15, 0.2) is 0 Å². The first-order valence-corrected chi connectivity index (χ1v) is 9.58. The first-order valence-electron chi connectivity index (χ1n) is 8.76. The number of likely N-dealkylation sites (tertiary alicyclic amines) is 1. The van der Waals surface area contributed by atoms with Gasteiger partial charge in [0.2, 0.25) is 11.8 Å². The second kappa shape index (κ2) is 7.89. The van der Waals surface area contributed by atoms with E-state index in [1.807, 2.05) is 6.92 Å². The standard InChI is InChI=1S/C20H20FN3O2S/c1-12-18(14-3-5-16(21)6-4-14)17(11-22)20(27-12)23-19(26)15-7-9-24(10-8-15)13(2)25/h3-6,15H,7-10H2,1-2H3,(H,23,26). The Labute approximate surface area is 161 Å². The fraction of sp³-hybridized carbons (Fsp3) is 0.350. The SMILES string of the molecule is CC(=O)N1CCC(C(=O)Nc2sc(C)c(-c3ccc(F)cc3)c2C#N)CC1. The summed E-state index contributed by atoms with van der Waals surface area (Å²) in [7, 11) is 0. The number of piperidine rings is 1. The fourth-order valence-electron chi connectivity index (χ4n) is 3.37. The quantitative estimate of drug-likeness (QED) is 0.870. The molecule has 1 saturated heterocycles. The summed E-state index contributed by atoms with van der Waals surface area (Å²) in [6, 6.07) is 8.16. The molecule has 1 aliphatic rings. The third kappa shape index (κ3) is 4.01. The molecule has 0 spiro atoms. The molecule has 1 fully saturated rings. The van der Waals surface area contributed by atoms with Crippen LogP contribution in [0.15, 0.2) is 24.3 Å². The average Bonchev–Trinajstić information content (AvgIpc) is 2.97. The molecule has 0 unspecified atom stereocenters. The van der Waals surface area contributed by atoms with Crippen LogP contribution in [0.25, 0.3) is 11.1 Å². The number of thiophene rings is 1. The van der Waals surface area contributed by atoms with Crippen molar-refractivity contribution >= 4 is 28.2 Å². The number of benzene rings is 1. The third-order valence-corrected chi connectivity index (χ3v) is 5.90. The van der Waals surface area contributed by atoms with Crippen LogP contribution < -0.4 is 5.32 Å². The van der Waals surface area contributed by atoms with Crippen molar-refractivity contribution in [3.63, 3.8) is 0 Å². The molecular formula is C20H20FN3O2S. The average molecular weight is 385 g/mol. The minimum Gasteiger partial charge on any atom is -0.343 e. The molecule has 140 valence electrons. The summed E-state index contributed by atoms with van der Waals surface area (Å²) < 4.78 is 13.2. The van der Waals surface area contributed by atoms with Gasteiger partial charge in [0.25, 0.3) is 0 Å². The summed E-state index contributed by atoms with van der Waals surface area (Å²) in [4.78, 5) is 26.7. The van der Waals surface area contributed by atoms with E-state index in [1.54, 1.807) is 17.0 Å². The number of nitrogens with one attached hydrogen (secondary N) is 1. The van der Waals surface area contributed by atoms with Crippen molar-refractivity contribution in [1.29, 1.82) is 5.26 Å². The smallest absolute Gasteiger partial charge is 0.228 e. The molecule has 1 N–H and O–H groups in total. The van der Waals surface area contributed by atoms with Gasteiger partial charge >= 0.3 is 0 Å². The van der Waals surface area contributed by atoms with Crippen molar-refractivity contribution < 1.29 is 14.0 Å². The molecule has 2 aromatic rings. The molecule has 2 amide bonds. The van der Waals surface area contributed by atoms with Gasteiger partial charge in [0, 0.05) is 36.4 Å². The number of rotatable bonds is 3. The lowest BCUT2D eigenvalue weighted by Gasteiger charge is -2.30. The molecule has 2 heterocycles. The van der Waals surface area contributed by atoms with Crippen LogP contribution in [0.1, 0.15) is 30.2 Å². The van der Waals surface area contributed by atoms with E-state index in [-0.39, 0.29) is 23.5 Å². The zero-order valence-corrected chi connectivity index (χ0v) is 16.0. The van der Waals surface area contributed by atoms with Crippen LogP contribution in [-0.2, 0) is 9.59 Å². The van der Waals surface area contributed by atoms with Crippen molar-refractivity contribution in [2.75, 3.05) is 18.4 Å². The zero-order chi connectivity index (χ0) is 19.6. The van der Waals surface area contributed by atoms with Gasteiger partial charge in [-0.1, -0.05) is 12.1 Å². The third-order valence-electron chi connectivity index (χ3n) is 4.88. The molecule has 1 aromatic heterocycles. The van der Waals surface area contributed by atoms with Crippen molar-refractivity contribution in [2.45, 2.75) is 26.7 Å². The Kier molecular flexibility index (Phi) is 5.57. The van der Waals surface area contributed by atoms with Crippen LogP contribution in [0.5, 0.6) is 0 Å². The van der Waals surface area contributed by atoms with E-state index >= 15 is 0 Å². The first-order chi connectivity index (χ1) is 12.9. The Balaban J connectivity index is 1.79. The highest BCUT2D eigenvalue weighted by Gasteiger charge is 2.27. The number of hydrogen-bond donors (Lipinski definition) is 1. The van der Waals surface area contributed by atoms with Crippen LogP contribution in [-0.4, -0.2) is 29.8 Å². The van der Waals surface area contributed by atoms with Gasteiger partial charge in [0.05, 0.1) is 5.56 Å². The highest BCUT2D eigenvalue weighted by Crippen LogP contribution is 2.39. The molecule has 0 aliphatic carbocycles. The molecule has 1 aliphatic heterocycles. The molecule has 5 nitrogen and oxygen atoms in total. The molecule has 0 radical (unpaired) electrons. The Morgan fingerprint density at radius 2 is 1.89 bits per heavy atom. The van der Waals surface area contributed by atoms with Gasteiger partial charge in [-0.25, -0.2) is 4.39 Å². The molecular weight excluding hydrogens is 365 g/mol. The van der Waals surface area contributed by atoms with Gasteiger partial charge in [-0.3, -0.25) is 9.59 Å². The minimum atomic E-state index is -0.337. The summed E-state index contributed by atoms with van der Waals surface area (Å²) in [6.07, 6.45) is 1.23. The highest BCUT2D eigenvalue weighted by atomic mass is 32.1. The van der Waals surface area contributed by atoms with Gasteiger partial charge in [0.1, 0.15) is 16.9 Å². The van der Waals surface area contributed by atoms with Crippen molar-refractivity contribution in [3.8, 4) is 17.2 Å². The lowest BCUT2D eigenvalue weighted by Crippen LogP contribution is -2.40. The molecule has 0 saturated carbocycles. The molecule has 3 rings (SSSR count). The number of anilines is 1. The number of nitrogens with zero attached hydrogens (tertiary/aromatic N) is 2. The van der Waals surface area contributed by atoms with Gasteiger partial charge in [-0.05, 0) is 37.5 Å². The molecule has 0 atom stereocenters. The Morgan fingerprint density at radius 1 is 1.26 bits per heavy atom. The normalized spacial score (nSPS) is 14.7. The topological polar surface area (TPSA) is 73.2 Å². The Bertz CT molecular complexity index is 907. The van der Waals surface area contributed by atoms with E-state index in [1.165, 1.54) is 30.4 Å². The van der Waals surface area contributed by atoms with Crippen molar-refractivity contribution in [2.24, 2.45) is 5.92 Å².